The number of rotatable bonds is 63. The van der Waals surface area contributed by atoms with E-state index in [4.69, 9.17) is 5.11 Å². The molecule has 0 aliphatic heterocycles. The highest BCUT2D eigenvalue weighted by atomic mass is 16.3. The zero-order valence-corrected chi connectivity index (χ0v) is 61.8. The molecule has 8 N–H and O–H groups in total. The number of ketones is 1. The maximum Gasteiger partial charge on any atom is 0.220 e. The first kappa shape index (κ1) is 86.1. The smallest absolute Gasteiger partial charge is 0.220 e. The van der Waals surface area contributed by atoms with Crippen LogP contribution in [0.5, 0.6) is 0 Å². The number of hydrogen-bond acceptors (Lipinski definition) is 9. The van der Waals surface area contributed by atoms with Gasteiger partial charge in [-0.15, -0.1) is 0 Å². The van der Waals surface area contributed by atoms with E-state index in [1.165, 1.54) is 161 Å². The van der Waals surface area contributed by atoms with Crippen LogP contribution in [0.3, 0.4) is 0 Å². The summed E-state index contributed by atoms with van der Waals surface area (Å²) in [4.78, 5) is 53.2. The van der Waals surface area contributed by atoms with Gasteiger partial charge in [0.2, 0.25) is 17.7 Å². The number of amides is 3. The Balaban J connectivity index is 1.41. The Morgan fingerprint density at radius 2 is 0.574 bits per heavy atom. The van der Waals surface area contributed by atoms with Crippen LogP contribution in [0.1, 0.15) is 419 Å². The SMILES string of the molecule is CCCCCCCCC1CC(CCCCCCC(=O)N[C@H]2CCCC[C@@H]2NC(=O)CCCCCCCC(O)C(O)CCCCCCO)C(CCCCCCC(=O)N[C@@H]2CCCC[C@H]2CC(=O)CCCCCCCC(O)C(O)CCCCCCC)CC1CCCCCCCC. The fourth-order valence-electron chi connectivity index (χ4n) is 16.7. The lowest BCUT2D eigenvalue weighted by Gasteiger charge is -2.42. The molecule has 0 saturated heterocycles. The fraction of sp³-hybridized carbons (Fsp3) is 0.951. The van der Waals surface area contributed by atoms with Crippen molar-refractivity contribution in [3.63, 3.8) is 0 Å². The van der Waals surface area contributed by atoms with Crippen molar-refractivity contribution in [2.75, 3.05) is 6.61 Å². The predicted octanol–water partition coefficient (Wildman–Crippen LogP) is 19.8. The third kappa shape index (κ3) is 43.4. The van der Waals surface area contributed by atoms with Gasteiger partial charge in [0, 0.05) is 56.8 Å². The molecule has 0 aromatic heterocycles. The third-order valence-electron chi connectivity index (χ3n) is 22.8. The van der Waals surface area contributed by atoms with E-state index in [0.717, 1.165) is 203 Å². The Morgan fingerprint density at radius 3 is 0.915 bits per heavy atom. The van der Waals surface area contributed by atoms with Gasteiger partial charge in [0.15, 0.2) is 0 Å². The molecule has 3 aliphatic rings. The molecular weight excluding hydrogens is 1170 g/mol. The molecule has 0 heterocycles. The molecular formula is C82H155N3O9. The van der Waals surface area contributed by atoms with Crippen LogP contribution in [-0.2, 0) is 19.2 Å². The number of aliphatic hydroxyl groups excluding tert-OH is 5. The number of aliphatic hydroxyl groups is 5. The summed E-state index contributed by atoms with van der Waals surface area (Å²) < 4.78 is 0. The van der Waals surface area contributed by atoms with Crippen molar-refractivity contribution in [1.29, 1.82) is 0 Å². The minimum absolute atomic E-state index is 0.00162. The van der Waals surface area contributed by atoms with Crippen LogP contribution in [0.4, 0.5) is 0 Å². The van der Waals surface area contributed by atoms with Gasteiger partial charge in [0.25, 0.3) is 0 Å². The van der Waals surface area contributed by atoms with E-state index in [9.17, 15) is 39.6 Å². The van der Waals surface area contributed by atoms with E-state index >= 15 is 0 Å². The van der Waals surface area contributed by atoms with E-state index in [-0.39, 0.29) is 48.4 Å². The van der Waals surface area contributed by atoms with Crippen molar-refractivity contribution >= 4 is 23.5 Å². The number of hydrogen-bond donors (Lipinski definition) is 8. The molecule has 3 saturated carbocycles. The minimum Gasteiger partial charge on any atom is -0.396 e. The van der Waals surface area contributed by atoms with Crippen LogP contribution in [0.25, 0.3) is 0 Å². The molecule has 0 aromatic rings. The zero-order valence-electron chi connectivity index (χ0n) is 61.8. The molecule has 552 valence electrons. The van der Waals surface area contributed by atoms with Crippen LogP contribution in [0.2, 0.25) is 0 Å². The van der Waals surface area contributed by atoms with Gasteiger partial charge in [0.05, 0.1) is 24.4 Å². The number of carbonyl (C=O) groups excluding carboxylic acids is 4. The molecule has 0 bridgehead atoms. The summed E-state index contributed by atoms with van der Waals surface area (Å²) in [7, 11) is 0. The highest BCUT2D eigenvalue weighted by Crippen LogP contribution is 2.47. The van der Waals surface area contributed by atoms with Gasteiger partial charge in [-0.2, -0.15) is 0 Å². The Morgan fingerprint density at radius 1 is 0.309 bits per heavy atom. The van der Waals surface area contributed by atoms with Gasteiger partial charge in [-0.05, 0) is 126 Å². The Hall–Kier alpha value is -2.12. The number of Topliss-reactive ketones (excluding diaryl/α,β-unsaturated/α-hetero) is 1. The van der Waals surface area contributed by atoms with Crippen LogP contribution < -0.4 is 16.0 Å². The zero-order chi connectivity index (χ0) is 67.9. The Bertz CT molecular complexity index is 1680. The number of carbonyl (C=O) groups is 4. The lowest BCUT2D eigenvalue weighted by Crippen LogP contribution is -2.53. The number of unbranched alkanes of at least 4 members (excludes halogenated alkanes) is 31. The van der Waals surface area contributed by atoms with Crippen LogP contribution >= 0.6 is 0 Å². The molecule has 8 unspecified atom stereocenters. The second-order valence-corrected chi connectivity index (χ2v) is 31.1. The highest BCUT2D eigenvalue weighted by Gasteiger charge is 2.36. The van der Waals surface area contributed by atoms with Crippen LogP contribution in [0, 0.1) is 29.6 Å². The van der Waals surface area contributed by atoms with E-state index in [1.54, 1.807) is 0 Å². The van der Waals surface area contributed by atoms with Crippen molar-refractivity contribution in [2.24, 2.45) is 29.6 Å². The monoisotopic (exact) mass is 1330 g/mol. The minimum atomic E-state index is -0.684. The highest BCUT2D eigenvalue weighted by molar-refractivity contribution is 5.79. The maximum atomic E-state index is 13.4. The van der Waals surface area contributed by atoms with Crippen molar-refractivity contribution in [3.8, 4) is 0 Å². The van der Waals surface area contributed by atoms with Crippen molar-refractivity contribution in [3.05, 3.63) is 0 Å². The van der Waals surface area contributed by atoms with Gasteiger partial charge < -0.3 is 41.5 Å². The summed E-state index contributed by atoms with van der Waals surface area (Å²) in [6.45, 7) is 7.04. The summed E-state index contributed by atoms with van der Waals surface area (Å²) in [5, 5.41) is 60.5. The van der Waals surface area contributed by atoms with Gasteiger partial charge in [-0.3, -0.25) is 19.2 Å². The molecule has 3 rings (SSSR count). The molecule has 12 atom stereocenters. The third-order valence-corrected chi connectivity index (χ3v) is 22.8. The molecule has 94 heavy (non-hydrogen) atoms. The molecule has 3 amide bonds. The standard InChI is InChI=1S/C82H155N3O9/c1-4-7-10-13-18-30-47-67-64-69(49-32-24-26-40-60-80(92)83-73-53-43-42-51-71(73)66-72(87)52-34-20-15-21-36-57-77(89)76(88)56-35-17-12-9-6-3)70(65-68(67)48-31-19-14-11-8-5-2)50-33-25-27-41-62-82(94)85-75-55-45-44-54-74(75)84-81(93)61-39-23-16-22-37-58-78(90)79(91)59-38-28-29-46-63-86/h67-71,73-79,86,88-91H,4-66H2,1-3H3,(H,83,92)(H,84,93)(H,85,94)/t67?,68?,69?,70?,71-,73+,74-,75-,76?,77?,78?,79?/m0/s1. The molecule has 0 aromatic carbocycles. The molecule has 3 aliphatic carbocycles. The van der Waals surface area contributed by atoms with Crippen LogP contribution in [-0.4, -0.2) is 98.2 Å². The van der Waals surface area contributed by atoms with Gasteiger partial charge in [0.1, 0.15) is 5.78 Å². The topological polar surface area (TPSA) is 206 Å². The molecule has 12 heteroatoms. The van der Waals surface area contributed by atoms with Gasteiger partial charge in [-0.25, -0.2) is 0 Å². The van der Waals surface area contributed by atoms with E-state index < -0.39 is 24.4 Å². The first-order chi connectivity index (χ1) is 45.9. The largest absolute Gasteiger partial charge is 0.396 e. The molecule has 3 fully saturated rings. The van der Waals surface area contributed by atoms with Gasteiger partial charge in [-0.1, -0.05) is 290 Å². The summed E-state index contributed by atoms with van der Waals surface area (Å²) in [6.07, 6.45) is 63.6. The van der Waals surface area contributed by atoms with Crippen molar-refractivity contribution in [1.82, 2.24) is 16.0 Å². The second kappa shape index (κ2) is 58.7. The quantitative estimate of drug-likeness (QED) is 0.0272. The summed E-state index contributed by atoms with van der Waals surface area (Å²) in [5.41, 5.74) is 0. The van der Waals surface area contributed by atoms with Crippen molar-refractivity contribution < 1.29 is 44.7 Å². The predicted molar refractivity (Wildman–Crippen MR) is 393 cm³/mol. The molecule has 0 spiro atoms. The average Bonchev–Trinajstić information content (AvgIpc) is 0.893. The van der Waals surface area contributed by atoms with Crippen LogP contribution in [0.15, 0.2) is 0 Å². The number of nitrogens with one attached hydrogen (secondary N) is 3. The van der Waals surface area contributed by atoms with Gasteiger partial charge >= 0.3 is 0 Å². The Labute approximate surface area is 579 Å². The average molecular weight is 1330 g/mol. The van der Waals surface area contributed by atoms with E-state index in [0.29, 0.717) is 63.6 Å². The lowest BCUT2D eigenvalue weighted by atomic mass is 9.63. The fourth-order valence-corrected chi connectivity index (χ4v) is 16.7. The second-order valence-electron chi connectivity index (χ2n) is 31.1. The summed E-state index contributed by atoms with van der Waals surface area (Å²) in [5.74, 6) is 4.28. The summed E-state index contributed by atoms with van der Waals surface area (Å²) in [6, 6.07) is 0.117. The summed E-state index contributed by atoms with van der Waals surface area (Å²) >= 11 is 0. The van der Waals surface area contributed by atoms with E-state index in [1.807, 2.05) is 0 Å². The molecule has 12 nitrogen and oxygen atoms in total. The first-order valence-electron chi connectivity index (χ1n) is 41.6. The normalized spacial score (nSPS) is 22.2. The first-order valence-corrected chi connectivity index (χ1v) is 41.6. The molecule has 0 radical (unpaired) electrons. The Kier molecular flexibility index (Phi) is 53.7. The van der Waals surface area contributed by atoms with Crippen molar-refractivity contribution in [2.45, 2.75) is 461 Å². The maximum absolute atomic E-state index is 13.4. The van der Waals surface area contributed by atoms with E-state index in [2.05, 4.69) is 36.7 Å². The lowest BCUT2D eigenvalue weighted by molar-refractivity contribution is -0.125.